The van der Waals surface area contributed by atoms with Gasteiger partial charge in [0.2, 0.25) is 0 Å². The molecule has 0 aromatic rings. The van der Waals surface area contributed by atoms with Crippen molar-refractivity contribution in [3.05, 3.63) is 0 Å². The molecule has 88 valence electrons. The van der Waals surface area contributed by atoms with Gasteiger partial charge in [0.25, 0.3) is 0 Å². The zero-order valence-electron chi connectivity index (χ0n) is 11.2. The minimum atomic E-state index is 0.306. The molecule has 0 unspecified atom stereocenters. The molecule has 0 heterocycles. The Labute approximate surface area is 95.3 Å². The lowest BCUT2D eigenvalue weighted by Gasteiger charge is -2.34. The summed E-state index contributed by atoms with van der Waals surface area (Å²) in [6.45, 7) is 16.5. The van der Waals surface area contributed by atoms with Crippen LogP contribution in [0.4, 0.5) is 0 Å². The average molecular weight is 210 g/mol. The highest BCUT2D eigenvalue weighted by Gasteiger charge is 2.21. The van der Waals surface area contributed by atoms with Gasteiger partial charge in [0.1, 0.15) is 0 Å². The van der Waals surface area contributed by atoms with Crippen LogP contribution in [0.2, 0.25) is 0 Å². The first-order chi connectivity index (χ1) is 6.64. The van der Waals surface area contributed by atoms with Gasteiger partial charge >= 0.3 is 0 Å². The minimum absolute atomic E-state index is 0.306. The van der Waals surface area contributed by atoms with Gasteiger partial charge in [0, 0.05) is 26.1 Å². The molecule has 0 fully saturated rings. The van der Waals surface area contributed by atoms with Gasteiger partial charge in [-0.2, -0.15) is 5.26 Å². The number of hydrogen-bond acceptors (Lipinski definition) is 2. The van der Waals surface area contributed by atoms with E-state index in [0.29, 0.717) is 17.3 Å². The summed E-state index contributed by atoms with van der Waals surface area (Å²) in [5.41, 5.74) is 0.613. The predicted molar refractivity (Wildman–Crippen MR) is 65.6 cm³/mol. The van der Waals surface area contributed by atoms with E-state index >= 15 is 0 Å². The monoisotopic (exact) mass is 210 g/mol. The highest BCUT2D eigenvalue weighted by Crippen LogP contribution is 2.20. The maximum absolute atomic E-state index is 8.64. The quantitative estimate of drug-likeness (QED) is 0.712. The summed E-state index contributed by atoms with van der Waals surface area (Å²) >= 11 is 0. The summed E-state index contributed by atoms with van der Waals surface area (Å²) in [6, 6.07) is 2.23. The lowest BCUT2D eigenvalue weighted by Crippen LogP contribution is -2.38. The second-order valence-electron chi connectivity index (χ2n) is 6.74. The van der Waals surface area contributed by atoms with Gasteiger partial charge in [0.05, 0.1) is 6.07 Å². The van der Waals surface area contributed by atoms with Gasteiger partial charge in [-0.3, -0.25) is 0 Å². The van der Waals surface area contributed by atoms with Crippen molar-refractivity contribution in [2.24, 2.45) is 10.8 Å². The number of hydrogen-bond donors (Lipinski definition) is 0. The zero-order valence-corrected chi connectivity index (χ0v) is 11.2. The third kappa shape index (κ3) is 9.75. The molecule has 0 aliphatic carbocycles. The molecule has 0 bridgehead atoms. The normalized spacial score (nSPS) is 12.9. The van der Waals surface area contributed by atoms with E-state index in [2.05, 4.69) is 52.5 Å². The average Bonchev–Trinajstić information content (AvgIpc) is 1.94. The van der Waals surface area contributed by atoms with Crippen molar-refractivity contribution < 1.29 is 0 Å². The molecule has 0 aliphatic rings. The van der Waals surface area contributed by atoms with Crippen LogP contribution in [0.25, 0.3) is 0 Å². The summed E-state index contributed by atoms with van der Waals surface area (Å²) in [6.07, 6.45) is 0.631. The molecule has 2 heteroatoms. The molecule has 0 saturated heterocycles. The molecule has 0 aromatic carbocycles. The first-order valence-corrected chi connectivity index (χ1v) is 5.73. The van der Waals surface area contributed by atoms with E-state index in [9.17, 15) is 0 Å². The van der Waals surface area contributed by atoms with E-state index in [1.54, 1.807) is 0 Å². The Morgan fingerprint density at radius 3 is 1.60 bits per heavy atom. The molecule has 0 radical (unpaired) electrons. The third-order valence-electron chi connectivity index (χ3n) is 1.94. The Morgan fingerprint density at radius 2 is 1.33 bits per heavy atom. The second kappa shape index (κ2) is 5.51. The van der Waals surface area contributed by atoms with Gasteiger partial charge in [-0.05, 0) is 10.8 Å². The molecule has 0 saturated carbocycles. The van der Waals surface area contributed by atoms with Crippen LogP contribution in [0.3, 0.4) is 0 Å². The summed E-state index contributed by atoms with van der Waals surface area (Å²) in [4.78, 5) is 2.41. The Hall–Kier alpha value is -0.550. The van der Waals surface area contributed by atoms with Crippen LogP contribution < -0.4 is 0 Å². The number of rotatable bonds is 4. The first kappa shape index (κ1) is 14.5. The third-order valence-corrected chi connectivity index (χ3v) is 1.94. The molecule has 2 nitrogen and oxygen atoms in total. The smallest absolute Gasteiger partial charge is 0.0635 e. The van der Waals surface area contributed by atoms with Crippen LogP contribution in [0.1, 0.15) is 48.0 Å². The highest BCUT2D eigenvalue weighted by molar-refractivity contribution is 4.78. The standard InChI is InChI=1S/C13H26N2/c1-12(2,3)10-15(9-7-8-14)11-13(4,5)6/h7,9-11H2,1-6H3. The summed E-state index contributed by atoms with van der Waals surface area (Å²) in [5.74, 6) is 0. The number of nitrogens with zero attached hydrogens (tertiary/aromatic N) is 2. The van der Waals surface area contributed by atoms with Crippen molar-refractivity contribution in [1.29, 1.82) is 5.26 Å². The fourth-order valence-electron chi connectivity index (χ4n) is 1.76. The Bertz CT molecular complexity index is 196. The molecule has 0 N–H and O–H groups in total. The van der Waals surface area contributed by atoms with Crippen molar-refractivity contribution in [3.63, 3.8) is 0 Å². The van der Waals surface area contributed by atoms with Crippen molar-refractivity contribution in [3.8, 4) is 6.07 Å². The Morgan fingerprint density at radius 1 is 0.933 bits per heavy atom. The van der Waals surface area contributed by atoms with Crippen molar-refractivity contribution in [2.45, 2.75) is 48.0 Å². The molecular weight excluding hydrogens is 184 g/mol. The van der Waals surface area contributed by atoms with Crippen LogP contribution >= 0.6 is 0 Å². The van der Waals surface area contributed by atoms with E-state index in [1.807, 2.05) is 0 Å². The van der Waals surface area contributed by atoms with Crippen LogP contribution in [0.15, 0.2) is 0 Å². The summed E-state index contributed by atoms with van der Waals surface area (Å²) < 4.78 is 0. The van der Waals surface area contributed by atoms with Crippen LogP contribution in [0, 0.1) is 22.2 Å². The largest absolute Gasteiger partial charge is 0.301 e. The molecule has 15 heavy (non-hydrogen) atoms. The van der Waals surface area contributed by atoms with Gasteiger partial charge in [-0.1, -0.05) is 41.5 Å². The fraction of sp³-hybridized carbons (Fsp3) is 0.923. The number of nitriles is 1. The van der Waals surface area contributed by atoms with E-state index < -0.39 is 0 Å². The first-order valence-electron chi connectivity index (χ1n) is 5.73. The molecule has 0 amide bonds. The molecule has 0 spiro atoms. The van der Waals surface area contributed by atoms with E-state index in [-0.39, 0.29) is 0 Å². The SMILES string of the molecule is CC(C)(C)CN(CCC#N)CC(C)(C)C. The Kier molecular flexibility index (Phi) is 5.31. The summed E-state index contributed by atoms with van der Waals surface area (Å²) in [7, 11) is 0. The maximum Gasteiger partial charge on any atom is 0.0635 e. The van der Waals surface area contributed by atoms with Crippen molar-refractivity contribution in [2.75, 3.05) is 19.6 Å². The molecule has 0 aliphatic heterocycles. The van der Waals surface area contributed by atoms with Gasteiger partial charge in [-0.15, -0.1) is 0 Å². The molecule has 0 rings (SSSR count). The van der Waals surface area contributed by atoms with Gasteiger partial charge in [0.15, 0.2) is 0 Å². The van der Waals surface area contributed by atoms with Crippen LogP contribution in [0.5, 0.6) is 0 Å². The highest BCUT2D eigenvalue weighted by atomic mass is 15.1. The molecular formula is C13H26N2. The van der Waals surface area contributed by atoms with Crippen molar-refractivity contribution >= 4 is 0 Å². The minimum Gasteiger partial charge on any atom is -0.301 e. The van der Waals surface area contributed by atoms with E-state index in [4.69, 9.17) is 5.26 Å². The lowest BCUT2D eigenvalue weighted by molar-refractivity contribution is 0.144. The zero-order chi connectivity index (χ0) is 12.1. The summed E-state index contributed by atoms with van der Waals surface area (Å²) in [5, 5.41) is 8.64. The molecule has 0 aromatic heterocycles. The van der Waals surface area contributed by atoms with E-state index in [0.717, 1.165) is 19.6 Å². The van der Waals surface area contributed by atoms with Crippen molar-refractivity contribution in [1.82, 2.24) is 4.90 Å². The fourth-order valence-corrected chi connectivity index (χ4v) is 1.76. The van der Waals surface area contributed by atoms with Gasteiger partial charge in [-0.25, -0.2) is 0 Å². The molecule has 0 atom stereocenters. The lowest BCUT2D eigenvalue weighted by atomic mass is 9.92. The van der Waals surface area contributed by atoms with Gasteiger partial charge < -0.3 is 4.90 Å². The maximum atomic E-state index is 8.64. The van der Waals surface area contributed by atoms with E-state index in [1.165, 1.54) is 0 Å². The van der Waals surface area contributed by atoms with Crippen LogP contribution in [-0.2, 0) is 0 Å². The predicted octanol–water partition coefficient (Wildman–Crippen LogP) is 3.29. The van der Waals surface area contributed by atoms with Crippen LogP contribution in [-0.4, -0.2) is 24.5 Å². The second-order valence-corrected chi connectivity index (χ2v) is 6.74. The topological polar surface area (TPSA) is 27.0 Å². The Balaban J connectivity index is 4.26.